The molecular weight excluding hydrogens is 219 g/mol. The van der Waals surface area contributed by atoms with E-state index in [1.165, 1.54) is 12.1 Å². The molecule has 0 aliphatic heterocycles. The van der Waals surface area contributed by atoms with Gasteiger partial charge in [-0.1, -0.05) is 11.6 Å². The SMILES string of the molecule is Nc1ccc(-c2[nH]nc(N)c2Cl)c(F)c1. The quantitative estimate of drug-likeness (QED) is 0.651. The molecular formula is C9H8ClFN4. The second-order valence-corrected chi connectivity index (χ2v) is 3.42. The van der Waals surface area contributed by atoms with Crippen LogP contribution in [-0.2, 0) is 0 Å². The van der Waals surface area contributed by atoms with Gasteiger partial charge >= 0.3 is 0 Å². The summed E-state index contributed by atoms with van der Waals surface area (Å²) in [5, 5.41) is 6.45. The predicted octanol–water partition coefficient (Wildman–Crippen LogP) is 2.03. The molecule has 0 amide bonds. The molecule has 0 fully saturated rings. The number of anilines is 2. The zero-order valence-electron chi connectivity index (χ0n) is 7.59. The molecule has 0 aliphatic rings. The van der Waals surface area contributed by atoms with Gasteiger partial charge in [0.25, 0.3) is 0 Å². The van der Waals surface area contributed by atoms with E-state index in [1.54, 1.807) is 6.07 Å². The van der Waals surface area contributed by atoms with Crippen molar-refractivity contribution in [3.63, 3.8) is 0 Å². The Hall–Kier alpha value is -1.75. The number of benzene rings is 1. The van der Waals surface area contributed by atoms with Gasteiger partial charge in [0, 0.05) is 11.3 Å². The topological polar surface area (TPSA) is 80.7 Å². The lowest BCUT2D eigenvalue weighted by molar-refractivity contribution is 0.631. The molecule has 0 spiro atoms. The maximum absolute atomic E-state index is 13.5. The van der Waals surface area contributed by atoms with Crippen molar-refractivity contribution < 1.29 is 4.39 Å². The maximum Gasteiger partial charge on any atom is 0.164 e. The molecule has 0 unspecified atom stereocenters. The lowest BCUT2D eigenvalue weighted by Crippen LogP contribution is -1.90. The minimum absolute atomic E-state index is 0.142. The summed E-state index contributed by atoms with van der Waals surface area (Å²) in [5.41, 5.74) is 11.9. The lowest BCUT2D eigenvalue weighted by atomic mass is 10.1. The van der Waals surface area contributed by atoms with Crippen LogP contribution in [0.25, 0.3) is 11.3 Å². The number of nitrogens with zero attached hydrogens (tertiary/aromatic N) is 1. The number of aromatic nitrogens is 2. The number of nitrogens with two attached hydrogens (primary N) is 2. The van der Waals surface area contributed by atoms with Crippen molar-refractivity contribution in [3.8, 4) is 11.3 Å². The van der Waals surface area contributed by atoms with Crippen LogP contribution >= 0.6 is 11.6 Å². The zero-order valence-corrected chi connectivity index (χ0v) is 8.35. The molecule has 0 saturated carbocycles. The molecule has 1 aromatic carbocycles. The monoisotopic (exact) mass is 226 g/mol. The van der Waals surface area contributed by atoms with Crippen LogP contribution in [0.1, 0.15) is 0 Å². The highest BCUT2D eigenvalue weighted by molar-refractivity contribution is 6.35. The van der Waals surface area contributed by atoms with Crippen LogP contribution in [0.15, 0.2) is 18.2 Å². The Morgan fingerprint density at radius 2 is 2.07 bits per heavy atom. The minimum atomic E-state index is -0.472. The molecule has 0 aliphatic carbocycles. The van der Waals surface area contributed by atoms with Crippen LogP contribution in [0, 0.1) is 5.82 Å². The van der Waals surface area contributed by atoms with Gasteiger partial charge in [-0.3, -0.25) is 5.10 Å². The fourth-order valence-electron chi connectivity index (χ4n) is 1.25. The van der Waals surface area contributed by atoms with E-state index in [0.717, 1.165) is 0 Å². The van der Waals surface area contributed by atoms with Gasteiger partial charge < -0.3 is 11.5 Å². The molecule has 1 aromatic heterocycles. The van der Waals surface area contributed by atoms with E-state index >= 15 is 0 Å². The Bertz CT molecular complexity index is 509. The third kappa shape index (κ3) is 1.61. The van der Waals surface area contributed by atoms with Gasteiger partial charge in [-0.15, -0.1) is 0 Å². The second kappa shape index (κ2) is 3.43. The number of halogens is 2. The largest absolute Gasteiger partial charge is 0.399 e. The van der Waals surface area contributed by atoms with Gasteiger partial charge in [0.1, 0.15) is 10.8 Å². The number of hydrogen-bond donors (Lipinski definition) is 3. The molecule has 0 bridgehead atoms. The first-order valence-electron chi connectivity index (χ1n) is 4.14. The summed E-state index contributed by atoms with van der Waals surface area (Å²) in [7, 11) is 0. The highest BCUT2D eigenvalue weighted by atomic mass is 35.5. The lowest BCUT2D eigenvalue weighted by Gasteiger charge is -2.01. The molecule has 78 valence electrons. The summed E-state index contributed by atoms with van der Waals surface area (Å²) in [6, 6.07) is 4.30. The van der Waals surface area contributed by atoms with Crippen LogP contribution in [-0.4, -0.2) is 10.2 Å². The van der Waals surface area contributed by atoms with Gasteiger partial charge in [0.2, 0.25) is 0 Å². The van der Waals surface area contributed by atoms with Crippen LogP contribution in [0.2, 0.25) is 5.02 Å². The number of rotatable bonds is 1. The molecule has 15 heavy (non-hydrogen) atoms. The van der Waals surface area contributed by atoms with E-state index in [-0.39, 0.29) is 10.8 Å². The van der Waals surface area contributed by atoms with Crippen LogP contribution in [0.3, 0.4) is 0 Å². The van der Waals surface area contributed by atoms with Crippen LogP contribution < -0.4 is 11.5 Å². The Labute approximate surface area is 90.0 Å². The smallest absolute Gasteiger partial charge is 0.164 e. The first-order valence-corrected chi connectivity index (χ1v) is 4.52. The number of hydrogen-bond acceptors (Lipinski definition) is 3. The first-order chi connectivity index (χ1) is 7.09. The molecule has 5 N–H and O–H groups in total. The van der Waals surface area contributed by atoms with Gasteiger partial charge in [-0.05, 0) is 18.2 Å². The fourth-order valence-corrected chi connectivity index (χ4v) is 1.44. The van der Waals surface area contributed by atoms with Gasteiger partial charge in [0.15, 0.2) is 5.82 Å². The van der Waals surface area contributed by atoms with Crippen molar-refractivity contribution in [1.82, 2.24) is 10.2 Å². The molecule has 4 nitrogen and oxygen atoms in total. The standard InChI is InChI=1S/C9H8ClFN4/c10-7-8(14-15-9(7)13)5-2-1-4(12)3-6(5)11/h1-3H,12H2,(H3,13,14,15). The summed E-state index contributed by atoms with van der Waals surface area (Å²) >= 11 is 5.84. The normalized spacial score (nSPS) is 10.5. The highest BCUT2D eigenvalue weighted by Crippen LogP contribution is 2.31. The number of nitrogen functional groups attached to an aromatic ring is 2. The minimum Gasteiger partial charge on any atom is -0.399 e. The number of H-pyrrole nitrogens is 1. The molecule has 6 heteroatoms. The molecule has 0 atom stereocenters. The van der Waals surface area contributed by atoms with E-state index in [0.29, 0.717) is 16.9 Å². The van der Waals surface area contributed by atoms with E-state index in [9.17, 15) is 4.39 Å². The Morgan fingerprint density at radius 1 is 1.33 bits per heavy atom. The van der Waals surface area contributed by atoms with Crippen LogP contribution in [0.4, 0.5) is 15.9 Å². The molecule has 0 radical (unpaired) electrons. The predicted molar refractivity (Wildman–Crippen MR) is 57.8 cm³/mol. The Morgan fingerprint density at radius 3 is 2.60 bits per heavy atom. The number of aromatic amines is 1. The summed E-state index contributed by atoms with van der Waals surface area (Å²) in [4.78, 5) is 0. The van der Waals surface area contributed by atoms with E-state index < -0.39 is 5.82 Å². The number of nitrogens with one attached hydrogen (secondary N) is 1. The molecule has 0 saturated heterocycles. The second-order valence-electron chi connectivity index (χ2n) is 3.04. The third-order valence-electron chi connectivity index (χ3n) is 2.00. The fraction of sp³-hybridized carbons (Fsp3) is 0. The van der Waals surface area contributed by atoms with Crippen molar-refractivity contribution in [3.05, 3.63) is 29.0 Å². The van der Waals surface area contributed by atoms with Gasteiger partial charge in [-0.25, -0.2) is 4.39 Å². The third-order valence-corrected chi connectivity index (χ3v) is 2.38. The molecule has 2 aromatic rings. The van der Waals surface area contributed by atoms with Crippen molar-refractivity contribution in [1.29, 1.82) is 0 Å². The summed E-state index contributed by atoms with van der Waals surface area (Å²) < 4.78 is 13.5. The van der Waals surface area contributed by atoms with E-state index in [2.05, 4.69) is 10.2 Å². The maximum atomic E-state index is 13.5. The molecule has 1 heterocycles. The average molecular weight is 227 g/mol. The van der Waals surface area contributed by atoms with Crippen molar-refractivity contribution >= 4 is 23.1 Å². The summed E-state index contributed by atoms with van der Waals surface area (Å²) in [6.45, 7) is 0. The van der Waals surface area contributed by atoms with E-state index in [4.69, 9.17) is 23.1 Å². The summed E-state index contributed by atoms with van der Waals surface area (Å²) in [5.74, 6) is -0.330. The van der Waals surface area contributed by atoms with E-state index in [1.807, 2.05) is 0 Å². The van der Waals surface area contributed by atoms with Gasteiger partial charge in [0.05, 0.1) is 5.69 Å². The van der Waals surface area contributed by atoms with Crippen molar-refractivity contribution in [2.75, 3.05) is 11.5 Å². The highest BCUT2D eigenvalue weighted by Gasteiger charge is 2.13. The summed E-state index contributed by atoms with van der Waals surface area (Å²) in [6.07, 6.45) is 0. The van der Waals surface area contributed by atoms with Crippen molar-refractivity contribution in [2.24, 2.45) is 0 Å². The van der Waals surface area contributed by atoms with Gasteiger partial charge in [-0.2, -0.15) is 5.10 Å². The average Bonchev–Trinajstić information content (AvgIpc) is 2.49. The first kappa shape index (κ1) is 9.79. The zero-order chi connectivity index (χ0) is 11.0. The Balaban J connectivity index is 2.59. The van der Waals surface area contributed by atoms with Crippen molar-refractivity contribution in [2.45, 2.75) is 0 Å². The van der Waals surface area contributed by atoms with Crippen LogP contribution in [0.5, 0.6) is 0 Å². The Kier molecular flexibility index (Phi) is 2.24. The molecule has 2 rings (SSSR count).